The Kier molecular flexibility index (Phi) is 3.64. The molecule has 0 spiro atoms. The molecular formula is C9H13NO4. The highest BCUT2D eigenvalue weighted by Gasteiger charge is 2.17. The Morgan fingerprint density at radius 1 is 1.43 bits per heavy atom. The van der Waals surface area contributed by atoms with Crippen molar-refractivity contribution in [2.75, 3.05) is 19.6 Å². The molecule has 2 N–H and O–H groups in total. The number of nitrogens with zero attached hydrogens (tertiary/aromatic N) is 1. The molecule has 0 bridgehead atoms. The first-order valence-corrected chi connectivity index (χ1v) is 4.46. The molecule has 0 saturated carbocycles. The maximum absolute atomic E-state index is 10.6. The minimum absolute atomic E-state index is 0.0624. The van der Waals surface area contributed by atoms with E-state index in [0.29, 0.717) is 25.1 Å². The molecular weight excluding hydrogens is 186 g/mol. The van der Waals surface area contributed by atoms with Gasteiger partial charge in [0.05, 0.1) is 6.42 Å². The summed E-state index contributed by atoms with van der Waals surface area (Å²) in [5.41, 5.74) is 0.363. The Morgan fingerprint density at radius 2 is 2.14 bits per heavy atom. The molecule has 0 aromatic rings. The van der Waals surface area contributed by atoms with Crippen molar-refractivity contribution in [3.8, 4) is 0 Å². The van der Waals surface area contributed by atoms with Crippen molar-refractivity contribution in [1.29, 1.82) is 0 Å². The van der Waals surface area contributed by atoms with E-state index >= 15 is 0 Å². The predicted molar refractivity (Wildman–Crippen MR) is 49.0 cm³/mol. The third-order valence-corrected chi connectivity index (χ3v) is 2.15. The molecule has 0 unspecified atom stereocenters. The van der Waals surface area contributed by atoms with Gasteiger partial charge in [-0.3, -0.25) is 9.69 Å². The molecule has 0 saturated heterocycles. The first kappa shape index (κ1) is 10.7. The van der Waals surface area contributed by atoms with Crippen LogP contribution in [0.1, 0.15) is 12.8 Å². The molecule has 0 aromatic carbocycles. The normalized spacial score (nSPS) is 17.6. The summed E-state index contributed by atoms with van der Waals surface area (Å²) in [6.45, 7) is 1.51. The predicted octanol–water partition coefficient (Wildman–Crippen LogP) is 0.178. The molecule has 0 aliphatic carbocycles. The molecule has 0 atom stereocenters. The van der Waals surface area contributed by atoms with Crippen molar-refractivity contribution in [2.24, 2.45) is 0 Å². The van der Waals surface area contributed by atoms with Crippen LogP contribution in [-0.2, 0) is 9.59 Å². The molecule has 0 radical (unpaired) electrons. The van der Waals surface area contributed by atoms with Gasteiger partial charge in [0.2, 0.25) is 0 Å². The monoisotopic (exact) mass is 199 g/mol. The summed E-state index contributed by atoms with van der Waals surface area (Å²) in [5.74, 6) is -1.76. The average Bonchev–Trinajstić information content (AvgIpc) is 2.15. The maximum atomic E-state index is 10.6. The van der Waals surface area contributed by atoms with Gasteiger partial charge in [0.15, 0.2) is 0 Å². The van der Waals surface area contributed by atoms with Crippen molar-refractivity contribution >= 4 is 11.9 Å². The van der Waals surface area contributed by atoms with Crippen molar-refractivity contribution in [3.05, 3.63) is 11.6 Å². The van der Waals surface area contributed by atoms with Gasteiger partial charge in [-0.1, -0.05) is 6.08 Å². The Hall–Kier alpha value is -1.36. The highest BCUT2D eigenvalue weighted by atomic mass is 16.4. The van der Waals surface area contributed by atoms with Crippen molar-refractivity contribution < 1.29 is 19.8 Å². The topological polar surface area (TPSA) is 77.8 Å². The zero-order valence-electron chi connectivity index (χ0n) is 7.77. The molecule has 78 valence electrons. The molecule has 1 aliphatic heterocycles. The van der Waals surface area contributed by atoms with Crippen LogP contribution in [0.25, 0.3) is 0 Å². The highest BCUT2D eigenvalue weighted by molar-refractivity contribution is 5.87. The van der Waals surface area contributed by atoms with Gasteiger partial charge in [-0.2, -0.15) is 0 Å². The highest BCUT2D eigenvalue weighted by Crippen LogP contribution is 2.09. The van der Waals surface area contributed by atoms with Crippen LogP contribution in [0.5, 0.6) is 0 Å². The lowest BCUT2D eigenvalue weighted by molar-refractivity contribution is -0.137. The second-order valence-electron chi connectivity index (χ2n) is 3.24. The van der Waals surface area contributed by atoms with Crippen LogP contribution in [0, 0.1) is 0 Å². The zero-order chi connectivity index (χ0) is 10.6. The number of carbonyl (C=O) groups is 2. The summed E-state index contributed by atoms with van der Waals surface area (Å²) in [4.78, 5) is 22.8. The van der Waals surface area contributed by atoms with Crippen LogP contribution >= 0.6 is 0 Å². The van der Waals surface area contributed by atoms with E-state index in [9.17, 15) is 9.59 Å². The van der Waals surface area contributed by atoms with E-state index in [-0.39, 0.29) is 6.42 Å². The van der Waals surface area contributed by atoms with E-state index in [2.05, 4.69) is 0 Å². The minimum atomic E-state index is -0.912. The van der Waals surface area contributed by atoms with E-state index in [1.54, 1.807) is 6.08 Å². The molecule has 0 aromatic heterocycles. The van der Waals surface area contributed by atoms with Gasteiger partial charge < -0.3 is 10.2 Å². The van der Waals surface area contributed by atoms with Crippen LogP contribution < -0.4 is 0 Å². The first-order chi connectivity index (χ1) is 6.59. The summed E-state index contributed by atoms with van der Waals surface area (Å²) in [5, 5.41) is 17.2. The standard InChI is InChI=1S/C9H13NO4/c11-8(12)3-5-10-4-1-2-7(6-10)9(13)14/h2H,1,3-6H2,(H,11,12)(H,13,14). The first-order valence-electron chi connectivity index (χ1n) is 4.46. The lowest BCUT2D eigenvalue weighted by Gasteiger charge is -2.24. The molecule has 1 rings (SSSR count). The van der Waals surface area contributed by atoms with E-state index in [1.165, 1.54) is 0 Å². The number of rotatable bonds is 4. The van der Waals surface area contributed by atoms with Gasteiger partial charge >= 0.3 is 11.9 Å². The lowest BCUT2D eigenvalue weighted by atomic mass is 10.1. The van der Waals surface area contributed by atoms with Crippen molar-refractivity contribution in [1.82, 2.24) is 4.90 Å². The summed E-state index contributed by atoms with van der Waals surface area (Å²) in [7, 11) is 0. The average molecular weight is 199 g/mol. The Morgan fingerprint density at radius 3 is 2.71 bits per heavy atom. The largest absolute Gasteiger partial charge is 0.481 e. The van der Waals surface area contributed by atoms with Crippen LogP contribution in [-0.4, -0.2) is 46.7 Å². The van der Waals surface area contributed by atoms with Gasteiger partial charge in [0.1, 0.15) is 0 Å². The van der Waals surface area contributed by atoms with E-state index in [0.717, 1.165) is 6.54 Å². The van der Waals surface area contributed by atoms with Crippen LogP contribution in [0.2, 0.25) is 0 Å². The van der Waals surface area contributed by atoms with Gasteiger partial charge in [0.25, 0.3) is 0 Å². The van der Waals surface area contributed by atoms with Crippen LogP contribution in [0.3, 0.4) is 0 Å². The molecule has 14 heavy (non-hydrogen) atoms. The molecule has 0 fully saturated rings. The van der Waals surface area contributed by atoms with Crippen molar-refractivity contribution in [3.63, 3.8) is 0 Å². The Bertz CT molecular complexity index is 272. The second kappa shape index (κ2) is 4.76. The third kappa shape index (κ3) is 3.18. The number of carboxylic acid groups (broad SMARTS) is 2. The molecule has 1 aliphatic rings. The summed E-state index contributed by atoms with van der Waals surface area (Å²) in [6, 6.07) is 0. The smallest absolute Gasteiger partial charge is 0.332 e. The van der Waals surface area contributed by atoms with Gasteiger partial charge in [0, 0.05) is 25.2 Å². The molecule has 1 heterocycles. The summed E-state index contributed by atoms with van der Waals surface area (Å²) in [6.07, 6.45) is 2.44. The SMILES string of the molecule is O=C(O)CCN1CCC=C(C(=O)O)C1. The number of hydrogen-bond donors (Lipinski definition) is 2. The minimum Gasteiger partial charge on any atom is -0.481 e. The summed E-state index contributed by atoms with van der Waals surface area (Å²) < 4.78 is 0. The van der Waals surface area contributed by atoms with Crippen molar-refractivity contribution in [2.45, 2.75) is 12.8 Å². The van der Waals surface area contributed by atoms with E-state index < -0.39 is 11.9 Å². The van der Waals surface area contributed by atoms with Crippen LogP contribution in [0.15, 0.2) is 11.6 Å². The fourth-order valence-corrected chi connectivity index (χ4v) is 1.41. The zero-order valence-corrected chi connectivity index (χ0v) is 7.77. The Labute approximate surface area is 81.6 Å². The van der Waals surface area contributed by atoms with E-state index in [1.807, 2.05) is 4.90 Å². The third-order valence-electron chi connectivity index (χ3n) is 2.15. The lowest BCUT2D eigenvalue weighted by Crippen LogP contribution is -2.33. The molecule has 5 nitrogen and oxygen atoms in total. The van der Waals surface area contributed by atoms with Gasteiger partial charge in [-0.15, -0.1) is 0 Å². The fourth-order valence-electron chi connectivity index (χ4n) is 1.41. The second-order valence-corrected chi connectivity index (χ2v) is 3.24. The fraction of sp³-hybridized carbons (Fsp3) is 0.556. The van der Waals surface area contributed by atoms with Gasteiger partial charge in [-0.05, 0) is 6.42 Å². The molecule has 5 heteroatoms. The van der Waals surface area contributed by atoms with Crippen LogP contribution in [0.4, 0.5) is 0 Å². The molecule has 0 amide bonds. The Balaban J connectivity index is 2.41. The maximum Gasteiger partial charge on any atom is 0.332 e. The van der Waals surface area contributed by atoms with E-state index in [4.69, 9.17) is 10.2 Å². The summed E-state index contributed by atoms with van der Waals surface area (Å²) >= 11 is 0. The number of hydrogen-bond acceptors (Lipinski definition) is 3. The quantitative estimate of drug-likeness (QED) is 0.675. The number of aliphatic carboxylic acids is 2. The van der Waals surface area contributed by atoms with Gasteiger partial charge in [-0.25, -0.2) is 4.79 Å². The number of carboxylic acids is 2.